The zero-order valence-corrected chi connectivity index (χ0v) is 100. The van der Waals surface area contributed by atoms with E-state index in [1.165, 1.54) is 185 Å². The first-order chi connectivity index (χ1) is 69.0. The summed E-state index contributed by atoms with van der Waals surface area (Å²) in [5, 5.41) is 33.5. The third kappa shape index (κ3) is 33.8. The molecule has 24 heteroatoms. The predicted octanol–water partition coefficient (Wildman–Crippen LogP) is 32.3. The maximum Gasteiger partial charge on any atom is 0.155 e. The molecule has 784 valence electrons. The summed E-state index contributed by atoms with van der Waals surface area (Å²) in [5.74, 6) is 2.15. The van der Waals surface area contributed by atoms with Crippen molar-refractivity contribution in [3.63, 3.8) is 0 Å². The first-order valence-corrected chi connectivity index (χ1v) is 48.9. The molecule has 4 radical (unpaired) electrons. The molecule has 0 atom stereocenters. The minimum absolute atomic E-state index is 0. The largest absolute Gasteiger partial charge is 0.512 e. The van der Waals surface area contributed by atoms with Gasteiger partial charge in [-0.2, -0.15) is 0 Å². The van der Waals surface area contributed by atoms with Gasteiger partial charge in [0.25, 0.3) is 0 Å². The maximum atomic E-state index is 10.0. The Morgan fingerprint density at radius 1 is 0.300 bits per heavy atom. The quantitative estimate of drug-likeness (QED) is 0.0447. The van der Waals surface area contributed by atoms with Crippen molar-refractivity contribution in [2.75, 3.05) is 0 Å². The second-order valence-electron chi connectivity index (χ2n) is 39.0. The van der Waals surface area contributed by atoms with E-state index in [9.17, 15) is 19.2 Å². The first-order valence-electron chi connectivity index (χ1n) is 48.0. The van der Waals surface area contributed by atoms with E-state index in [1.807, 2.05) is 56.3 Å². The van der Waals surface area contributed by atoms with Gasteiger partial charge in [0.1, 0.15) is 75.9 Å². The Labute approximate surface area is 939 Å². The molecule has 8 heterocycles. The van der Waals surface area contributed by atoms with Crippen molar-refractivity contribution >= 4 is 78.0 Å². The first kappa shape index (κ1) is 123. The van der Waals surface area contributed by atoms with Gasteiger partial charge in [-0.15, -0.1) is 152 Å². The molecule has 18 aromatic rings. The minimum Gasteiger partial charge on any atom is -0.512 e. The number of aryl methyl sites for hydroxylation is 14. The second kappa shape index (κ2) is 55.3. The molecule has 0 saturated carbocycles. The molecule has 0 aliphatic carbocycles. The Morgan fingerprint density at radius 2 is 0.593 bits per heavy atom. The van der Waals surface area contributed by atoms with Gasteiger partial charge in [0.2, 0.25) is 0 Å². The molecule has 10 aromatic carbocycles. The van der Waals surface area contributed by atoms with E-state index in [0.29, 0.717) is 16.7 Å². The van der Waals surface area contributed by atoms with Crippen LogP contribution in [0.3, 0.4) is 0 Å². The topological polar surface area (TPSA) is 292 Å². The van der Waals surface area contributed by atoms with Crippen LogP contribution in [0.25, 0.3) is 155 Å². The van der Waals surface area contributed by atoms with E-state index in [-0.39, 0.29) is 137 Å². The third-order valence-corrected chi connectivity index (χ3v) is 24.4. The molecule has 8 aromatic heterocycles. The molecule has 0 bridgehead atoms. The Bertz CT molecular complexity index is 7500. The summed E-state index contributed by atoms with van der Waals surface area (Å²) in [4.78, 5) is 77.2. The summed E-state index contributed by atoms with van der Waals surface area (Å²) in [6.07, 6.45) is 11.1. The monoisotopic (exact) mass is 2730 g/mol. The van der Waals surface area contributed by atoms with E-state index >= 15 is 0 Å². The van der Waals surface area contributed by atoms with Crippen molar-refractivity contribution < 1.29 is 133 Å². The zero-order valence-electron chi connectivity index (χ0n) is 90.1. The molecule has 0 fully saturated rings. The molecule has 18 rings (SSSR count). The van der Waals surface area contributed by atoms with Gasteiger partial charge in [0.15, 0.2) is 23.1 Å². The summed E-state index contributed by atoms with van der Waals surface area (Å²) in [6, 6.07) is 81.1. The van der Waals surface area contributed by atoms with Gasteiger partial charge in [-0.3, -0.25) is 39.1 Å². The third-order valence-electron chi connectivity index (χ3n) is 23.2. The number of ketones is 4. The smallest absolute Gasteiger partial charge is 0.155 e. The molecule has 0 spiro atoms. The number of carbonyl (C=O) groups excluding carboxylic acids is 4. The van der Waals surface area contributed by atoms with Gasteiger partial charge in [-0.1, -0.05) is 192 Å². The second-order valence-corrected chi connectivity index (χ2v) is 40.0. The van der Waals surface area contributed by atoms with Gasteiger partial charge >= 0.3 is 0 Å². The van der Waals surface area contributed by atoms with Crippen LogP contribution < -0.4 is 0 Å². The number of aromatic nitrogens is 8. The Hall–Kier alpha value is -13.5. The summed E-state index contributed by atoms with van der Waals surface area (Å²) < 4.78 is 19.9. The molecule has 0 unspecified atom stereocenters. The van der Waals surface area contributed by atoms with Crippen LogP contribution in [-0.4, -0.2) is 83.4 Å². The van der Waals surface area contributed by atoms with Crippen LogP contribution in [0, 0.1) is 121 Å². The summed E-state index contributed by atoms with van der Waals surface area (Å²) in [5.41, 5.74) is 42.1. The normalized spacial score (nSPS) is 11.2. The number of thiophene rings is 1. The van der Waals surface area contributed by atoms with Gasteiger partial charge < -0.3 is 33.7 Å². The zero-order chi connectivity index (χ0) is 107. The number of benzene rings is 10. The molecule has 150 heavy (non-hydrogen) atoms. The number of aliphatic hydroxyl groups excluding tert-OH is 4. The predicted molar refractivity (Wildman–Crippen MR) is 595 cm³/mol. The fourth-order valence-corrected chi connectivity index (χ4v) is 18.5. The Kier molecular flexibility index (Phi) is 45.6. The van der Waals surface area contributed by atoms with E-state index in [4.69, 9.17) is 33.7 Å². The van der Waals surface area contributed by atoms with Gasteiger partial charge in [-0.25, -0.2) is 19.9 Å². The standard InChI is InChI=1S/C28H23N2O.C26H19N2O.C26H27N2O.C26H27N2S.4C5H8O2.4Ir/c1-17-12-18(2)14-23(13-17)27-28-24(29-16-30-27)15-25(31-28)21-8-10-22(11-9-21)26-19(3)6-5-7-20(26)4;1-17-7-6-8-18(2)24(17)20-13-11-19(12-14-20)23-15-22-26(29-23)25(28-16-27-22)21-9-4-3-5-10-21;2*1-15-8-16(2)10-19(9-15)24-25-21(27-14-28-24)13-22(29-25)23-17(3)11-20(12-18(23)4)26(5,6)7;4*1-4(6)3-5(2)7;;;;/h5-13,15-16H,1-4H3;3-9,11-16H,1-2H3;2*8-9,11-14H,1-7H3;4*3,6H,1-2H3;;;;/q4*-1;;;;;;;;. The maximum absolute atomic E-state index is 10.0. The summed E-state index contributed by atoms with van der Waals surface area (Å²) in [7, 11) is 0. The number of furan rings is 3. The van der Waals surface area contributed by atoms with Crippen molar-refractivity contribution in [3.8, 4) is 112 Å². The molecule has 4 N–H and O–H groups in total. The van der Waals surface area contributed by atoms with Gasteiger partial charge in [0, 0.05) is 172 Å². The van der Waals surface area contributed by atoms with Crippen molar-refractivity contribution in [1.82, 2.24) is 39.9 Å². The van der Waals surface area contributed by atoms with Crippen molar-refractivity contribution in [2.24, 2.45) is 0 Å². The van der Waals surface area contributed by atoms with E-state index in [2.05, 4.69) is 340 Å². The number of aliphatic hydroxyl groups is 4. The number of fused-ring (bicyclic) bond motifs is 4. The van der Waals surface area contributed by atoms with Crippen LogP contribution >= 0.6 is 11.3 Å². The van der Waals surface area contributed by atoms with Crippen LogP contribution in [0.4, 0.5) is 0 Å². The fraction of sp³-hybridized carbons (Fsp3) is 0.238. The fourth-order valence-electron chi connectivity index (χ4n) is 17.2. The van der Waals surface area contributed by atoms with Crippen molar-refractivity contribution in [1.29, 1.82) is 0 Å². The van der Waals surface area contributed by atoms with E-state index in [0.717, 1.165) is 122 Å². The molecular weight excluding hydrogens is 2600 g/mol. The minimum atomic E-state index is -0.125. The summed E-state index contributed by atoms with van der Waals surface area (Å²) >= 11 is 1.78. The number of rotatable bonds is 14. The van der Waals surface area contributed by atoms with E-state index in [1.54, 1.807) is 36.6 Å². The molecule has 0 aliphatic rings. The molecular formula is C126H128Ir4N8O11S-4. The van der Waals surface area contributed by atoms with Gasteiger partial charge in [-0.05, 0) is 211 Å². The number of nitrogens with zero attached hydrogens (tertiary/aromatic N) is 8. The average Bonchev–Trinajstić information content (AvgIpc) is 1.59. The van der Waals surface area contributed by atoms with E-state index < -0.39 is 0 Å². The van der Waals surface area contributed by atoms with Crippen LogP contribution in [0.2, 0.25) is 0 Å². The number of carbonyl (C=O) groups is 4. The van der Waals surface area contributed by atoms with Crippen LogP contribution in [0.1, 0.15) is 186 Å². The van der Waals surface area contributed by atoms with Crippen LogP contribution in [0.5, 0.6) is 0 Å². The molecule has 0 amide bonds. The van der Waals surface area contributed by atoms with Crippen molar-refractivity contribution in [2.45, 2.75) is 205 Å². The van der Waals surface area contributed by atoms with Crippen LogP contribution in [0.15, 0.2) is 280 Å². The van der Waals surface area contributed by atoms with Crippen molar-refractivity contribution in [3.05, 3.63) is 380 Å². The average molecular weight is 2730 g/mol. The Morgan fingerprint density at radius 3 is 0.893 bits per heavy atom. The number of hydrogen-bond acceptors (Lipinski definition) is 20. The van der Waals surface area contributed by atoms with Crippen LogP contribution in [-0.2, 0) is 110 Å². The Balaban J connectivity index is 0.000000246. The van der Waals surface area contributed by atoms with Gasteiger partial charge in [0.05, 0.1) is 28.6 Å². The number of hydrogen-bond donors (Lipinski definition) is 4. The molecule has 0 aliphatic heterocycles. The molecule has 19 nitrogen and oxygen atoms in total. The SMILES string of the molecule is CC(=O)C=C(C)O.CC(=O)C=C(C)O.CC(=O)C=C(C)O.CC(=O)C=C(C)O.Cc1[c-]c(-c2ncnc3cc(-c4c(C)cc(C(C)(C)C)cc4C)oc23)cc(C)c1.Cc1[c-]c(-c2ncnc3cc(-c4c(C)cc(C(C)(C)C)cc4C)sc23)cc(C)c1.Cc1[c-]c(-c2ncnc3cc(-c4ccc(-c5c(C)cccc5C)cc4)oc23)cc(C)c1.Cc1cccc(C)c1-c1ccc(-c2cc3ncnc(-c4[c-]cccc4)c3o2)cc1.[Ir].[Ir].[Ir].[Ir]. The molecule has 0 saturated heterocycles. The number of allylic oxidation sites excluding steroid dienone is 8. The summed E-state index contributed by atoms with van der Waals surface area (Å²) in [6.45, 7) is 54.7.